The summed E-state index contributed by atoms with van der Waals surface area (Å²) in [5, 5.41) is 12.5. The van der Waals surface area contributed by atoms with Crippen LogP contribution in [0.1, 0.15) is 48.6 Å². The van der Waals surface area contributed by atoms with Gasteiger partial charge >= 0.3 is 0 Å². The van der Waals surface area contributed by atoms with Crippen LogP contribution >= 0.6 is 11.3 Å². The van der Waals surface area contributed by atoms with Crippen molar-refractivity contribution in [1.82, 2.24) is 5.32 Å². The maximum absolute atomic E-state index is 8.90. The number of hydrogen-bond donors (Lipinski definition) is 1. The van der Waals surface area contributed by atoms with Crippen LogP contribution in [0.25, 0.3) is 0 Å². The van der Waals surface area contributed by atoms with E-state index in [0.717, 1.165) is 17.8 Å². The minimum absolute atomic E-state index is 0.265. The number of nitriles is 1. The first-order valence-corrected chi connectivity index (χ1v) is 8.07. The van der Waals surface area contributed by atoms with E-state index in [1.165, 1.54) is 10.4 Å². The standard InChI is InChI=1S/C18H22N2S/c1-18(2,3)11-17(14-7-5-4-6-8-14)20-13-16-10-9-15(12-19)21-16/h4-10,17,20H,11,13H2,1-3H3. The van der Waals surface area contributed by atoms with Crippen molar-refractivity contribution in [3.8, 4) is 6.07 Å². The molecular weight excluding hydrogens is 276 g/mol. The van der Waals surface area contributed by atoms with Gasteiger partial charge in [0.1, 0.15) is 10.9 Å². The van der Waals surface area contributed by atoms with Crippen LogP contribution in [0.3, 0.4) is 0 Å². The second-order valence-electron chi connectivity index (χ2n) is 6.49. The highest BCUT2D eigenvalue weighted by Gasteiger charge is 2.20. The van der Waals surface area contributed by atoms with Gasteiger partial charge in [-0.1, -0.05) is 51.1 Å². The Morgan fingerprint density at radius 1 is 1.14 bits per heavy atom. The second kappa shape index (κ2) is 6.89. The zero-order valence-electron chi connectivity index (χ0n) is 12.9. The van der Waals surface area contributed by atoms with Gasteiger partial charge in [-0.3, -0.25) is 0 Å². The largest absolute Gasteiger partial charge is 0.305 e. The van der Waals surface area contributed by atoms with Crippen LogP contribution in [-0.4, -0.2) is 0 Å². The van der Waals surface area contributed by atoms with Gasteiger partial charge < -0.3 is 5.32 Å². The van der Waals surface area contributed by atoms with E-state index < -0.39 is 0 Å². The molecule has 0 aliphatic carbocycles. The molecule has 110 valence electrons. The maximum atomic E-state index is 8.90. The Morgan fingerprint density at radius 2 is 1.86 bits per heavy atom. The van der Waals surface area contributed by atoms with Crippen LogP contribution in [0.15, 0.2) is 42.5 Å². The Balaban J connectivity index is 2.07. The highest BCUT2D eigenvalue weighted by atomic mass is 32.1. The third kappa shape index (κ3) is 5.00. The van der Waals surface area contributed by atoms with E-state index in [2.05, 4.69) is 62.5 Å². The normalized spacial score (nSPS) is 12.9. The molecule has 1 unspecified atom stereocenters. The third-order valence-electron chi connectivity index (χ3n) is 3.31. The predicted octanol–water partition coefficient (Wildman–Crippen LogP) is 4.89. The van der Waals surface area contributed by atoms with Crippen LogP contribution < -0.4 is 5.32 Å². The molecule has 1 aromatic carbocycles. The van der Waals surface area contributed by atoms with Crippen molar-refractivity contribution in [1.29, 1.82) is 5.26 Å². The van der Waals surface area contributed by atoms with Crippen LogP contribution in [0.5, 0.6) is 0 Å². The lowest BCUT2D eigenvalue weighted by molar-refractivity contribution is 0.310. The minimum atomic E-state index is 0.265. The average molecular weight is 298 g/mol. The Bertz CT molecular complexity index is 602. The Morgan fingerprint density at radius 3 is 2.43 bits per heavy atom. The molecule has 0 radical (unpaired) electrons. The molecule has 1 N–H and O–H groups in total. The van der Waals surface area contributed by atoms with E-state index in [9.17, 15) is 0 Å². The highest BCUT2D eigenvalue weighted by molar-refractivity contribution is 7.12. The molecule has 0 amide bonds. The van der Waals surface area contributed by atoms with E-state index >= 15 is 0 Å². The molecule has 0 aliphatic heterocycles. The number of nitrogens with one attached hydrogen (secondary N) is 1. The monoisotopic (exact) mass is 298 g/mol. The van der Waals surface area contributed by atoms with Gasteiger partial charge in [0.15, 0.2) is 0 Å². The molecule has 0 spiro atoms. The number of hydrogen-bond acceptors (Lipinski definition) is 3. The van der Waals surface area contributed by atoms with E-state index in [0.29, 0.717) is 6.04 Å². The van der Waals surface area contributed by atoms with Crippen LogP contribution in [0.2, 0.25) is 0 Å². The van der Waals surface area contributed by atoms with Crippen LogP contribution in [0.4, 0.5) is 0 Å². The van der Waals surface area contributed by atoms with Crippen LogP contribution in [-0.2, 0) is 6.54 Å². The quantitative estimate of drug-likeness (QED) is 0.853. The topological polar surface area (TPSA) is 35.8 Å². The summed E-state index contributed by atoms with van der Waals surface area (Å²) >= 11 is 1.56. The van der Waals surface area contributed by atoms with Gasteiger partial charge in [-0.15, -0.1) is 11.3 Å². The van der Waals surface area contributed by atoms with E-state index in [1.54, 1.807) is 11.3 Å². The predicted molar refractivity (Wildman–Crippen MR) is 89.1 cm³/mol. The molecule has 0 bridgehead atoms. The van der Waals surface area contributed by atoms with Crippen molar-refractivity contribution in [2.45, 2.75) is 39.8 Å². The molecule has 0 fully saturated rings. The van der Waals surface area contributed by atoms with Gasteiger partial charge in [0.05, 0.1) is 0 Å². The average Bonchev–Trinajstić information content (AvgIpc) is 2.91. The highest BCUT2D eigenvalue weighted by Crippen LogP contribution is 2.30. The molecule has 1 aromatic heterocycles. The lowest BCUT2D eigenvalue weighted by atomic mass is 9.85. The van der Waals surface area contributed by atoms with Gasteiger partial charge in [-0.2, -0.15) is 5.26 Å². The van der Waals surface area contributed by atoms with Crippen molar-refractivity contribution in [2.24, 2.45) is 5.41 Å². The van der Waals surface area contributed by atoms with Gasteiger partial charge in [-0.25, -0.2) is 0 Å². The summed E-state index contributed by atoms with van der Waals surface area (Å²) in [5.41, 5.74) is 1.59. The summed E-state index contributed by atoms with van der Waals surface area (Å²) in [6, 6.07) is 17.0. The van der Waals surface area contributed by atoms with Gasteiger partial charge in [0.25, 0.3) is 0 Å². The minimum Gasteiger partial charge on any atom is -0.305 e. The molecule has 1 atom stereocenters. The maximum Gasteiger partial charge on any atom is 0.110 e. The Kier molecular flexibility index (Phi) is 5.17. The fourth-order valence-corrected chi connectivity index (χ4v) is 3.12. The molecule has 3 heteroatoms. The zero-order chi connectivity index (χ0) is 15.3. The zero-order valence-corrected chi connectivity index (χ0v) is 13.7. The first-order valence-electron chi connectivity index (χ1n) is 7.25. The van der Waals surface area contributed by atoms with Gasteiger partial charge in [0.2, 0.25) is 0 Å². The van der Waals surface area contributed by atoms with Crippen molar-refractivity contribution in [2.75, 3.05) is 0 Å². The molecule has 1 heterocycles. The summed E-state index contributed by atoms with van der Waals surface area (Å²) in [4.78, 5) is 1.99. The molecule has 21 heavy (non-hydrogen) atoms. The lowest BCUT2D eigenvalue weighted by Crippen LogP contribution is -2.25. The number of nitrogens with zero attached hydrogens (tertiary/aromatic N) is 1. The summed E-state index contributed by atoms with van der Waals surface area (Å²) in [5.74, 6) is 0. The molecule has 2 aromatic rings. The van der Waals surface area contributed by atoms with Crippen molar-refractivity contribution >= 4 is 11.3 Å². The fourth-order valence-electron chi connectivity index (χ4n) is 2.36. The molecular formula is C18H22N2S. The van der Waals surface area contributed by atoms with Crippen LogP contribution in [0, 0.1) is 16.7 Å². The van der Waals surface area contributed by atoms with Gasteiger partial charge in [-0.05, 0) is 29.5 Å². The smallest absolute Gasteiger partial charge is 0.110 e. The second-order valence-corrected chi connectivity index (χ2v) is 7.66. The molecule has 0 aliphatic rings. The van der Waals surface area contributed by atoms with E-state index in [1.807, 2.05) is 12.1 Å². The Hall–Kier alpha value is -1.63. The third-order valence-corrected chi connectivity index (χ3v) is 4.30. The fraction of sp³-hybridized carbons (Fsp3) is 0.389. The molecule has 2 rings (SSSR count). The first-order chi connectivity index (χ1) is 9.98. The summed E-state index contributed by atoms with van der Waals surface area (Å²) in [7, 11) is 0. The SMILES string of the molecule is CC(C)(C)CC(NCc1ccc(C#N)s1)c1ccccc1. The number of thiophene rings is 1. The molecule has 0 saturated heterocycles. The summed E-state index contributed by atoms with van der Waals surface area (Å²) in [6.45, 7) is 7.61. The molecule has 0 saturated carbocycles. The number of rotatable bonds is 5. The van der Waals surface area contributed by atoms with Gasteiger partial charge in [0, 0.05) is 17.5 Å². The van der Waals surface area contributed by atoms with E-state index in [-0.39, 0.29) is 5.41 Å². The van der Waals surface area contributed by atoms with Crippen molar-refractivity contribution < 1.29 is 0 Å². The Labute approximate surface area is 131 Å². The van der Waals surface area contributed by atoms with Crippen molar-refractivity contribution in [3.05, 3.63) is 57.8 Å². The molecule has 2 nitrogen and oxygen atoms in total. The first kappa shape index (κ1) is 15.8. The number of benzene rings is 1. The van der Waals surface area contributed by atoms with E-state index in [4.69, 9.17) is 5.26 Å². The summed E-state index contributed by atoms with van der Waals surface area (Å²) < 4.78 is 0. The lowest BCUT2D eigenvalue weighted by Gasteiger charge is -2.27. The summed E-state index contributed by atoms with van der Waals surface area (Å²) in [6.07, 6.45) is 1.08. The van der Waals surface area contributed by atoms with Crippen molar-refractivity contribution in [3.63, 3.8) is 0 Å².